The average molecular weight is 481 g/mol. The van der Waals surface area contributed by atoms with Gasteiger partial charge in [0.05, 0.1) is 25.7 Å². The van der Waals surface area contributed by atoms with Gasteiger partial charge in [-0.2, -0.15) is 8.42 Å². The van der Waals surface area contributed by atoms with E-state index in [4.69, 9.17) is 14.2 Å². The Morgan fingerprint density at radius 2 is 1.61 bits per heavy atom. The van der Waals surface area contributed by atoms with Crippen molar-refractivity contribution in [1.29, 1.82) is 0 Å². The molecule has 0 saturated heterocycles. The highest BCUT2D eigenvalue weighted by Crippen LogP contribution is 2.21. The Morgan fingerprint density at radius 1 is 0.939 bits per heavy atom. The van der Waals surface area contributed by atoms with Gasteiger partial charge in [0.25, 0.3) is 10.1 Å². The summed E-state index contributed by atoms with van der Waals surface area (Å²) in [4.78, 5) is 24.1. The summed E-state index contributed by atoms with van der Waals surface area (Å²) in [5.41, 5.74) is 1.63. The van der Waals surface area contributed by atoms with Gasteiger partial charge in [-0.05, 0) is 29.7 Å². The first kappa shape index (κ1) is 26.5. The summed E-state index contributed by atoms with van der Waals surface area (Å²) in [6.07, 6.45) is -1.25. The molecule has 0 aliphatic carbocycles. The number of hydrogen-bond donors (Lipinski definition) is 1. The van der Waals surface area contributed by atoms with Gasteiger partial charge in [0.2, 0.25) is 0 Å². The Balaban J connectivity index is 1.90. The molecule has 0 aromatic heterocycles. The zero-order valence-corrected chi connectivity index (χ0v) is 19.3. The van der Waals surface area contributed by atoms with Crippen LogP contribution in [0, 0.1) is 5.92 Å². The van der Waals surface area contributed by atoms with Crippen LogP contribution in [0.4, 0.5) is 0 Å². The molecule has 2 rings (SSSR count). The van der Waals surface area contributed by atoms with Crippen molar-refractivity contribution < 1.29 is 41.5 Å². The van der Waals surface area contributed by atoms with Gasteiger partial charge in [0, 0.05) is 13.0 Å². The number of ether oxygens (including phenoxy) is 3. The highest BCUT2D eigenvalue weighted by Gasteiger charge is 2.24. The molecule has 2 aromatic carbocycles. The van der Waals surface area contributed by atoms with Crippen molar-refractivity contribution in [3.63, 3.8) is 0 Å². The number of aliphatic hydroxyl groups excluding tert-OH is 1. The van der Waals surface area contributed by atoms with Gasteiger partial charge in [-0.15, -0.1) is 0 Å². The van der Waals surface area contributed by atoms with Crippen LogP contribution in [-0.4, -0.2) is 51.7 Å². The molecule has 2 unspecified atom stereocenters. The number of methoxy groups -OCH3 is 1. The van der Waals surface area contributed by atoms with Gasteiger partial charge < -0.3 is 19.3 Å². The first-order valence-corrected chi connectivity index (χ1v) is 11.8. The van der Waals surface area contributed by atoms with E-state index in [1.807, 2.05) is 30.3 Å². The van der Waals surface area contributed by atoms with Crippen LogP contribution in [0.1, 0.15) is 24.0 Å². The molecule has 0 radical (unpaired) electrons. The molecule has 2 aromatic rings. The number of rotatable bonds is 13. The Bertz CT molecular complexity index is 988. The Kier molecular flexibility index (Phi) is 10.5. The summed E-state index contributed by atoms with van der Waals surface area (Å²) < 4.78 is 42.3. The van der Waals surface area contributed by atoms with Gasteiger partial charge in [-0.25, -0.2) is 0 Å². The van der Waals surface area contributed by atoms with E-state index in [0.29, 0.717) is 6.42 Å². The topological polar surface area (TPSA) is 125 Å². The van der Waals surface area contributed by atoms with Crippen LogP contribution in [0.5, 0.6) is 5.75 Å². The molecule has 0 spiro atoms. The van der Waals surface area contributed by atoms with E-state index in [1.54, 1.807) is 24.3 Å². The van der Waals surface area contributed by atoms with Crippen molar-refractivity contribution in [2.45, 2.75) is 32.2 Å². The van der Waals surface area contributed by atoms with Gasteiger partial charge in [0.15, 0.2) is 6.29 Å². The van der Waals surface area contributed by atoms with Crippen LogP contribution in [0.25, 0.3) is 0 Å². The normalized spacial score (nSPS) is 13.2. The van der Waals surface area contributed by atoms with E-state index in [1.165, 1.54) is 7.11 Å². The maximum atomic E-state index is 12.3. The first-order chi connectivity index (χ1) is 15.7. The van der Waals surface area contributed by atoms with Crippen molar-refractivity contribution in [1.82, 2.24) is 0 Å². The lowest BCUT2D eigenvalue weighted by atomic mass is 9.95. The highest BCUT2D eigenvalue weighted by atomic mass is 32.2. The number of carbonyl (C=O) groups excluding carboxylic acids is 2. The third kappa shape index (κ3) is 9.70. The van der Waals surface area contributed by atoms with Crippen LogP contribution in [0.15, 0.2) is 54.6 Å². The van der Waals surface area contributed by atoms with Crippen molar-refractivity contribution in [3.05, 3.63) is 65.7 Å². The highest BCUT2D eigenvalue weighted by molar-refractivity contribution is 7.86. The second-order valence-electron chi connectivity index (χ2n) is 7.24. The quantitative estimate of drug-likeness (QED) is 0.199. The number of esters is 2. The number of aliphatic hydroxyl groups is 1. The van der Waals surface area contributed by atoms with Crippen LogP contribution >= 0.6 is 0 Å². The summed E-state index contributed by atoms with van der Waals surface area (Å²) in [5.74, 6) is -1.96. The fourth-order valence-electron chi connectivity index (χ4n) is 2.95. The number of carbonyl (C=O) groups is 2. The number of hydrogen-bond acceptors (Lipinski definition) is 9. The molecule has 180 valence electrons. The minimum atomic E-state index is -3.74. The SMILES string of the molecule is COC(O)C(CC(=O)OCc1ccccc1)Cc1ccc(OC(=O)CCS(=O)(=O)OC)cc1. The fourth-order valence-corrected chi connectivity index (χ4v) is 3.53. The van der Waals surface area contributed by atoms with Crippen LogP contribution in [0.3, 0.4) is 0 Å². The summed E-state index contributed by atoms with van der Waals surface area (Å²) in [5, 5.41) is 10.2. The molecule has 33 heavy (non-hydrogen) atoms. The van der Waals surface area contributed by atoms with Crippen molar-refractivity contribution in [2.75, 3.05) is 20.0 Å². The van der Waals surface area contributed by atoms with Crippen molar-refractivity contribution >= 4 is 22.1 Å². The molecule has 10 heteroatoms. The van der Waals surface area contributed by atoms with Gasteiger partial charge in [-0.1, -0.05) is 42.5 Å². The average Bonchev–Trinajstić information content (AvgIpc) is 2.82. The molecule has 2 atom stereocenters. The molecule has 0 fully saturated rings. The van der Waals surface area contributed by atoms with Crippen molar-refractivity contribution in [2.24, 2.45) is 5.92 Å². The second kappa shape index (κ2) is 13.0. The summed E-state index contributed by atoms with van der Waals surface area (Å²) in [6.45, 7) is 0.140. The molecule has 0 aliphatic rings. The smallest absolute Gasteiger partial charge is 0.312 e. The summed E-state index contributed by atoms with van der Waals surface area (Å²) in [6, 6.07) is 15.7. The maximum Gasteiger partial charge on any atom is 0.312 e. The molecule has 0 amide bonds. The third-order valence-electron chi connectivity index (χ3n) is 4.78. The zero-order chi connectivity index (χ0) is 24.3. The van der Waals surface area contributed by atoms with Crippen LogP contribution < -0.4 is 4.74 Å². The zero-order valence-electron chi connectivity index (χ0n) is 18.5. The molecular formula is C23H28O9S. The number of benzene rings is 2. The van der Waals surface area contributed by atoms with Crippen LogP contribution in [0.2, 0.25) is 0 Å². The molecular weight excluding hydrogens is 452 g/mol. The van der Waals surface area contributed by atoms with E-state index in [9.17, 15) is 23.1 Å². The first-order valence-electron chi connectivity index (χ1n) is 10.2. The maximum absolute atomic E-state index is 12.3. The second-order valence-corrected chi connectivity index (χ2v) is 9.09. The molecule has 0 bridgehead atoms. The van der Waals surface area contributed by atoms with E-state index < -0.39 is 40.0 Å². The molecule has 1 N–H and O–H groups in total. The van der Waals surface area contributed by atoms with Crippen LogP contribution in [-0.2, 0) is 46.4 Å². The van der Waals surface area contributed by atoms with E-state index >= 15 is 0 Å². The molecule has 0 heterocycles. The van der Waals surface area contributed by atoms with E-state index in [0.717, 1.165) is 18.2 Å². The Morgan fingerprint density at radius 3 is 2.21 bits per heavy atom. The largest absolute Gasteiger partial charge is 0.461 e. The minimum Gasteiger partial charge on any atom is -0.461 e. The predicted molar refractivity (Wildman–Crippen MR) is 119 cm³/mol. The third-order valence-corrected chi connectivity index (χ3v) is 5.99. The van der Waals surface area contributed by atoms with Gasteiger partial charge in [0.1, 0.15) is 12.4 Å². The van der Waals surface area contributed by atoms with Gasteiger partial charge >= 0.3 is 11.9 Å². The molecule has 9 nitrogen and oxygen atoms in total. The lowest BCUT2D eigenvalue weighted by Gasteiger charge is -2.21. The summed E-state index contributed by atoms with van der Waals surface area (Å²) >= 11 is 0. The monoisotopic (exact) mass is 480 g/mol. The van der Waals surface area contributed by atoms with E-state index in [-0.39, 0.29) is 25.2 Å². The summed E-state index contributed by atoms with van der Waals surface area (Å²) in [7, 11) is -1.37. The minimum absolute atomic E-state index is 0.0491. The molecule has 0 aliphatic heterocycles. The molecule has 0 saturated carbocycles. The Hall–Kier alpha value is -2.79. The lowest BCUT2D eigenvalue weighted by molar-refractivity contribution is -0.154. The van der Waals surface area contributed by atoms with Crippen molar-refractivity contribution in [3.8, 4) is 5.75 Å². The fraction of sp³-hybridized carbons (Fsp3) is 0.391. The van der Waals surface area contributed by atoms with Gasteiger partial charge in [-0.3, -0.25) is 13.8 Å². The standard InChI is InChI=1S/C23H28O9S/c1-29-23(26)19(15-22(25)31-16-18-6-4-3-5-7-18)14-17-8-10-20(11-9-17)32-21(24)12-13-33(27,28)30-2/h3-11,19,23,26H,12-16H2,1-2H3. The Labute approximate surface area is 193 Å². The predicted octanol–water partition coefficient (Wildman–Crippen LogP) is 2.22. The van der Waals surface area contributed by atoms with E-state index in [2.05, 4.69) is 4.18 Å². The lowest BCUT2D eigenvalue weighted by Crippen LogP contribution is -2.27.